The fraction of sp³-hybridized carbons (Fsp3) is 0.111. The lowest BCUT2D eigenvalue weighted by Crippen LogP contribution is -2.24. The number of nitrogens with zero attached hydrogens (tertiary/aromatic N) is 1. The summed E-state index contributed by atoms with van der Waals surface area (Å²) in [6.07, 6.45) is 0. The van der Waals surface area contributed by atoms with Crippen molar-refractivity contribution in [3.05, 3.63) is 71.7 Å². The molecule has 1 heterocycles. The van der Waals surface area contributed by atoms with E-state index in [1.54, 1.807) is 30.3 Å². The first kappa shape index (κ1) is 18.7. The minimum Gasteiger partial charge on any atom is -0.464 e. The highest BCUT2D eigenvalue weighted by Gasteiger charge is 2.31. The molecule has 1 N–H and O–H groups in total. The van der Waals surface area contributed by atoms with E-state index in [4.69, 9.17) is 4.42 Å². The molecule has 0 aliphatic carbocycles. The lowest BCUT2D eigenvalue weighted by molar-refractivity contribution is 0.0587. The smallest absolute Gasteiger partial charge is 0.361 e. The number of aromatic nitrogens is 1. The van der Waals surface area contributed by atoms with E-state index in [0.29, 0.717) is 11.1 Å². The van der Waals surface area contributed by atoms with Crippen molar-refractivity contribution >= 4 is 16.0 Å². The van der Waals surface area contributed by atoms with Crippen molar-refractivity contribution in [1.29, 1.82) is 0 Å². The molecule has 0 bridgehead atoms. The third kappa shape index (κ3) is 4.21. The highest BCUT2D eigenvalue weighted by Crippen LogP contribution is 2.25. The van der Waals surface area contributed by atoms with Crippen LogP contribution in [-0.4, -0.2) is 26.5 Å². The summed E-state index contributed by atoms with van der Waals surface area (Å²) < 4.78 is 50.5. The first-order valence-electron chi connectivity index (χ1n) is 7.79. The number of esters is 1. The third-order valence-corrected chi connectivity index (χ3v) is 4.91. The molecule has 3 rings (SSSR count). The summed E-state index contributed by atoms with van der Waals surface area (Å²) in [5, 5.41) is -0.643. The van der Waals surface area contributed by atoms with E-state index in [1.807, 2.05) is 0 Å². The number of ether oxygens (including phenoxy) is 1. The van der Waals surface area contributed by atoms with Crippen LogP contribution in [0, 0.1) is 5.82 Å². The summed E-state index contributed by atoms with van der Waals surface area (Å²) in [5.41, 5.74) is 0.577. The van der Waals surface area contributed by atoms with Gasteiger partial charge in [-0.05, 0) is 29.8 Å². The summed E-state index contributed by atoms with van der Waals surface area (Å²) in [5.74, 6) is -1.40. The second-order valence-corrected chi connectivity index (χ2v) is 7.13. The molecule has 0 saturated heterocycles. The quantitative estimate of drug-likeness (QED) is 0.650. The van der Waals surface area contributed by atoms with Crippen LogP contribution in [0.1, 0.15) is 16.1 Å². The molecule has 0 spiro atoms. The molecule has 9 heteroatoms. The Labute approximate surface area is 154 Å². The van der Waals surface area contributed by atoms with Gasteiger partial charge in [0.1, 0.15) is 5.82 Å². The van der Waals surface area contributed by atoms with Gasteiger partial charge in [0.05, 0.1) is 7.11 Å². The van der Waals surface area contributed by atoms with Gasteiger partial charge in [-0.15, -0.1) is 0 Å². The SMILES string of the molecule is COC(=O)c1nc(-c2ccccc2)oc1S(=O)(=O)NCc1ccc(F)cc1. The predicted molar refractivity (Wildman–Crippen MR) is 93.7 cm³/mol. The van der Waals surface area contributed by atoms with E-state index < -0.39 is 32.6 Å². The maximum atomic E-state index is 13.0. The average Bonchev–Trinajstić information content (AvgIpc) is 3.14. The lowest BCUT2D eigenvalue weighted by atomic mass is 10.2. The minimum absolute atomic E-state index is 0.0295. The molecule has 0 aliphatic rings. The number of halogens is 1. The normalized spacial score (nSPS) is 11.3. The van der Waals surface area contributed by atoms with Gasteiger partial charge in [-0.2, -0.15) is 0 Å². The number of carbonyl (C=O) groups is 1. The Kier molecular flexibility index (Phi) is 5.33. The highest BCUT2D eigenvalue weighted by molar-refractivity contribution is 7.89. The number of oxazole rings is 1. The number of benzene rings is 2. The van der Waals surface area contributed by atoms with Gasteiger partial charge in [-0.25, -0.2) is 27.3 Å². The lowest BCUT2D eigenvalue weighted by Gasteiger charge is -2.05. The fourth-order valence-electron chi connectivity index (χ4n) is 2.26. The Balaban J connectivity index is 1.94. The molecule has 27 heavy (non-hydrogen) atoms. The van der Waals surface area contributed by atoms with E-state index >= 15 is 0 Å². The average molecular weight is 390 g/mol. The van der Waals surface area contributed by atoms with Crippen molar-refractivity contribution in [2.45, 2.75) is 11.6 Å². The molecule has 0 fully saturated rings. The van der Waals surface area contributed by atoms with Crippen molar-refractivity contribution in [2.75, 3.05) is 7.11 Å². The Morgan fingerprint density at radius 2 is 1.81 bits per heavy atom. The largest absolute Gasteiger partial charge is 0.464 e. The molecule has 0 aliphatic heterocycles. The maximum Gasteiger partial charge on any atom is 0.361 e. The van der Waals surface area contributed by atoms with Crippen LogP contribution in [0.15, 0.2) is 64.1 Å². The molecule has 3 aromatic rings. The number of methoxy groups -OCH3 is 1. The Hall–Kier alpha value is -3.04. The number of hydrogen-bond donors (Lipinski definition) is 1. The molecule has 7 nitrogen and oxygen atoms in total. The van der Waals surface area contributed by atoms with Gasteiger partial charge in [0.25, 0.3) is 15.1 Å². The predicted octanol–water partition coefficient (Wildman–Crippen LogP) is 2.75. The number of rotatable bonds is 6. The van der Waals surface area contributed by atoms with Crippen LogP contribution < -0.4 is 4.72 Å². The molecule has 0 amide bonds. The second kappa shape index (κ2) is 7.68. The van der Waals surface area contributed by atoms with E-state index in [-0.39, 0.29) is 12.4 Å². The highest BCUT2D eigenvalue weighted by atomic mass is 32.2. The van der Waals surface area contributed by atoms with Gasteiger partial charge in [0.15, 0.2) is 0 Å². The summed E-state index contributed by atoms with van der Waals surface area (Å²) >= 11 is 0. The van der Waals surface area contributed by atoms with E-state index in [0.717, 1.165) is 7.11 Å². The summed E-state index contributed by atoms with van der Waals surface area (Å²) in [4.78, 5) is 15.9. The molecular weight excluding hydrogens is 375 g/mol. The topological polar surface area (TPSA) is 98.5 Å². The van der Waals surface area contributed by atoms with Crippen molar-refractivity contribution < 1.29 is 26.8 Å². The number of sulfonamides is 1. The summed E-state index contributed by atoms with van der Waals surface area (Å²) in [6, 6.07) is 13.8. The van der Waals surface area contributed by atoms with E-state index in [1.165, 1.54) is 24.3 Å². The van der Waals surface area contributed by atoms with Gasteiger partial charge in [0, 0.05) is 12.1 Å². The van der Waals surface area contributed by atoms with E-state index in [9.17, 15) is 17.6 Å². The van der Waals surface area contributed by atoms with Crippen LogP contribution in [0.5, 0.6) is 0 Å². The van der Waals surface area contributed by atoms with Gasteiger partial charge in [0.2, 0.25) is 11.6 Å². The molecule has 0 radical (unpaired) electrons. The van der Waals surface area contributed by atoms with Gasteiger partial charge < -0.3 is 9.15 Å². The first-order chi connectivity index (χ1) is 12.9. The summed E-state index contributed by atoms with van der Waals surface area (Å²) in [6.45, 7) is -0.120. The standard InChI is InChI=1S/C18H15FN2O5S/c1-25-17(22)15-18(26-16(21-15)13-5-3-2-4-6-13)27(23,24)20-11-12-7-9-14(19)10-8-12/h2-10,20H,11H2,1H3. The number of carbonyl (C=O) groups excluding carboxylic acids is 1. The molecule has 140 valence electrons. The fourth-order valence-corrected chi connectivity index (χ4v) is 3.32. The first-order valence-corrected chi connectivity index (χ1v) is 9.27. The van der Waals surface area contributed by atoms with Crippen molar-refractivity contribution in [3.63, 3.8) is 0 Å². The molecule has 2 aromatic carbocycles. The van der Waals surface area contributed by atoms with Gasteiger partial charge >= 0.3 is 5.97 Å². The van der Waals surface area contributed by atoms with Crippen LogP contribution in [-0.2, 0) is 21.3 Å². The molecule has 0 unspecified atom stereocenters. The second-order valence-electron chi connectivity index (χ2n) is 5.46. The maximum absolute atomic E-state index is 13.0. The zero-order chi connectivity index (χ0) is 19.4. The third-order valence-electron chi connectivity index (χ3n) is 3.62. The van der Waals surface area contributed by atoms with Crippen LogP contribution >= 0.6 is 0 Å². The monoisotopic (exact) mass is 390 g/mol. The number of hydrogen-bond acceptors (Lipinski definition) is 6. The number of nitrogens with one attached hydrogen (secondary N) is 1. The van der Waals surface area contributed by atoms with Crippen LogP contribution in [0.4, 0.5) is 4.39 Å². The zero-order valence-electron chi connectivity index (χ0n) is 14.2. The van der Waals surface area contributed by atoms with Crippen LogP contribution in [0.2, 0.25) is 0 Å². The Morgan fingerprint density at radius 1 is 1.15 bits per heavy atom. The molecular formula is C18H15FN2O5S. The van der Waals surface area contributed by atoms with Crippen molar-refractivity contribution in [1.82, 2.24) is 9.71 Å². The van der Waals surface area contributed by atoms with Gasteiger partial charge in [-0.1, -0.05) is 30.3 Å². The molecule has 1 aromatic heterocycles. The minimum atomic E-state index is -4.22. The van der Waals surface area contributed by atoms with E-state index in [2.05, 4.69) is 14.4 Å². The van der Waals surface area contributed by atoms with Crippen molar-refractivity contribution in [2.24, 2.45) is 0 Å². The van der Waals surface area contributed by atoms with Gasteiger partial charge in [-0.3, -0.25) is 0 Å². The Bertz CT molecular complexity index is 1050. The molecule has 0 saturated carbocycles. The van der Waals surface area contributed by atoms with Crippen molar-refractivity contribution in [3.8, 4) is 11.5 Å². The van der Waals surface area contributed by atoms with Crippen LogP contribution in [0.3, 0.4) is 0 Å². The van der Waals surface area contributed by atoms with Crippen LogP contribution in [0.25, 0.3) is 11.5 Å². The Morgan fingerprint density at radius 3 is 2.44 bits per heavy atom. The summed E-state index contributed by atoms with van der Waals surface area (Å²) in [7, 11) is -3.10. The zero-order valence-corrected chi connectivity index (χ0v) is 15.0. The molecule has 0 atom stereocenters.